The predicted octanol–water partition coefficient (Wildman–Crippen LogP) is 5.84. The molecule has 0 saturated carbocycles. The van der Waals surface area contributed by atoms with Gasteiger partial charge in [-0.15, -0.1) is 0 Å². The molecule has 0 aliphatic carbocycles. The summed E-state index contributed by atoms with van der Waals surface area (Å²) in [5, 5.41) is 3.27. The summed E-state index contributed by atoms with van der Waals surface area (Å²) in [7, 11) is -4.39. The van der Waals surface area contributed by atoms with E-state index in [1.54, 1.807) is 42.5 Å². The summed E-state index contributed by atoms with van der Waals surface area (Å²) in [6.45, 7) is 2.77. The van der Waals surface area contributed by atoms with Crippen molar-refractivity contribution in [2.24, 2.45) is 0 Å². The highest BCUT2D eigenvalue weighted by Crippen LogP contribution is 2.28. The van der Waals surface area contributed by atoms with Gasteiger partial charge in [-0.05, 0) is 55.3 Å². The number of carbonyl (C=O) groups excluding carboxylic acids is 2. The van der Waals surface area contributed by atoms with Crippen LogP contribution in [0, 0.1) is 5.82 Å². The Hall–Kier alpha value is -4.21. The van der Waals surface area contributed by atoms with Crippen molar-refractivity contribution in [2.45, 2.75) is 43.8 Å². The SMILES string of the molecule is CC(C)NC(=O)[C@@H](Cc1ccccc1)N(Cc1ccccc1Cl)C(=O)CN(c1ccccc1F)S(=O)(=O)c1ccccc1. The maximum Gasteiger partial charge on any atom is 0.264 e. The monoisotopic (exact) mass is 621 g/mol. The highest BCUT2D eigenvalue weighted by atomic mass is 35.5. The van der Waals surface area contributed by atoms with Gasteiger partial charge in [0, 0.05) is 24.0 Å². The van der Waals surface area contributed by atoms with Gasteiger partial charge in [0.25, 0.3) is 10.0 Å². The summed E-state index contributed by atoms with van der Waals surface area (Å²) >= 11 is 6.48. The normalized spacial score (nSPS) is 12.0. The standard InChI is InChI=1S/C33H33ClFN3O4S/c1-24(2)36-33(40)31(21-25-13-5-3-6-14-25)37(22-26-15-9-10-18-28(26)34)32(39)23-38(30-20-12-11-19-29(30)35)43(41,42)27-16-7-4-8-17-27/h3-20,24,31H,21-23H2,1-2H3,(H,36,40)/t31-/m1/s1. The zero-order valence-electron chi connectivity index (χ0n) is 23.9. The summed E-state index contributed by atoms with van der Waals surface area (Å²) < 4.78 is 43.7. The molecule has 0 aliphatic heterocycles. The Labute approximate surface area is 257 Å². The molecule has 43 heavy (non-hydrogen) atoms. The van der Waals surface area contributed by atoms with E-state index >= 15 is 4.39 Å². The summed E-state index contributed by atoms with van der Waals surface area (Å²) in [6.07, 6.45) is 0.153. The third-order valence-electron chi connectivity index (χ3n) is 6.73. The van der Waals surface area contributed by atoms with E-state index in [9.17, 15) is 18.0 Å². The molecular formula is C33H33ClFN3O4S. The fraction of sp³-hybridized carbons (Fsp3) is 0.212. The fourth-order valence-corrected chi connectivity index (χ4v) is 6.27. The first kappa shape index (κ1) is 31.7. The van der Waals surface area contributed by atoms with Crippen LogP contribution in [0.3, 0.4) is 0 Å². The lowest BCUT2D eigenvalue weighted by molar-refractivity contribution is -0.140. The Bertz CT molecular complexity index is 1650. The largest absolute Gasteiger partial charge is 0.352 e. The second-order valence-corrected chi connectivity index (χ2v) is 12.5. The lowest BCUT2D eigenvalue weighted by atomic mass is 10.0. The van der Waals surface area contributed by atoms with E-state index in [1.807, 2.05) is 44.2 Å². The van der Waals surface area contributed by atoms with Gasteiger partial charge in [0.15, 0.2) is 0 Å². The van der Waals surface area contributed by atoms with Crippen LogP contribution in [-0.2, 0) is 32.6 Å². The predicted molar refractivity (Wildman–Crippen MR) is 167 cm³/mol. The second-order valence-electron chi connectivity index (χ2n) is 10.3. The van der Waals surface area contributed by atoms with Gasteiger partial charge in [-0.25, -0.2) is 12.8 Å². The lowest BCUT2D eigenvalue weighted by Gasteiger charge is -2.34. The van der Waals surface area contributed by atoms with E-state index in [0.29, 0.717) is 10.6 Å². The number of halogens is 2. The number of hydrogen-bond acceptors (Lipinski definition) is 4. The van der Waals surface area contributed by atoms with Gasteiger partial charge in [-0.3, -0.25) is 13.9 Å². The van der Waals surface area contributed by atoms with Gasteiger partial charge in [0.2, 0.25) is 11.8 Å². The molecule has 1 atom stereocenters. The van der Waals surface area contributed by atoms with Crippen molar-refractivity contribution in [2.75, 3.05) is 10.8 Å². The van der Waals surface area contributed by atoms with Gasteiger partial charge >= 0.3 is 0 Å². The Balaban J connectivity index is 1.82. The average Bonchev–Trinajstić information content (AvgIpc) is 2.99. The van der Waals surface area contributed by atoms with Gasteiger partial charge in [-0.1, -0.05) is 90.5 Å². The third-order valence-corrected chi connectivity index (χ3v) is 8.87. The van der Waals surface area contributed by atoms with Crippen molar-refractivity contribution in [3.05, 3.63) is 131 Å². The summed E-state index contributed by atoms with van der Waals surface area (Å²) in [5.41, 5.74) is 1.08. The topological polar surface area (TPSA) is 86.8 Å². The number of rotatable bonds is 12. The fourth-order valence-electron chi connectivity index (χ4n) is 4.63. The summed E-state index contributed by atoms with van der Waals surface area (Å²) in [5.74, 6) is -1.93. The van der Waals surface area contributed by atoms with Crippen molar-refractivity contribution in [3.63, 3.8) is 0 Å². The van der Waals surface area contributed by atoms with Crippen LogP contribution in [-0.4, -0.2) is 43.8 Å². The number of para-hydroxylation sites is 1. The molecule has 0 unspecified atom stereocenters. The highest BCUT2D eigenvalue weighted by molar-refractivity contribution is 7.92. The minimum absolute atomic E-state index is 0.0853. The molecule has 0 saturated heterocycles. The molecule has 2 amide bonds. The van der Waals surface area contributed by atoms with Gasteiger partial charge in [0.1, 0.15) is 18.4 Å². The Morgan fingerprint density at radius 1 is 0.837 bits per heavy atom. The van der Waals surface area contributed by atoms with E-state index < -0.39 is 40.2 Å². The first-order valence-corrected chi connectivity index (χ1v) is 15.6. The molecule has 0 bridgehead atoms. The number of benzene rings is 4. The van der Waals surface area contributed by atoms with Crippen LogP contribution in [0.25, 0.3) is 0 Å². The van der Waals surface area contributed by atoms with Crippen LogP contribution in [0.5, 0.6) is 0 Å². The molecule has 4 rings (SSSR count). The smallest absolute Gasteiger partial charge is 0.264 e. The third kappa shape index (κ3) is 8.00. The Morgan fingerprint density at radius 3 is 2.05 bits per heavy atom. The zero-order valence-corrected chi connectivity index (χ0v) is 25.4. The number of anilines is 1. The molecule has 0 aliphatic rings. The molecule has 224 valence electrons. The molecule has 0 aromatic heterocycles. The van der Waals surface area contributed by atoms with Crippen LogP contribution in [0.15, 0.2) is 114 Å². The molecule has 7 nitrogen and oxygen atoms in total. The van der Waals surface area contributed by atoms with Crippen LogP contribution in [0.2, 0.25) is 5.02 Å². The van der Waals surface area contributed by atoms with Crippen LogP contribution >= 0.6 is 11.6 Å². The van der Waals surface area contributed by atoms with E-state index in [4.69, 9.17) is 11.6 Å². The Morgan fingerprint density at radius 2 is 1.42 bits per heavy atom. The first-order chi connectivity index (χ1) is 20.6. The highest BCUT2D eigenvalue weighted by Gasteiger charge is 2.35. The molecule has 10 heteroatoms. The minimum Gasteiger partial charge on any atom is -0.352 e. The maximum atomic E-state index is 15.1. The molecule has 0 radical (unpaired) electrons. The van der Waals surface area contributed by atoms with Gasteiger partial charge in [-0.2, -0.15) is 0 Å². The molecule has 0 fully saturated rings. The zero-order chi connectivity index (χ0) is 31.0. The second kappa shape index (κ2) is 14.3. The first-order valence-electron chi connectivity index (χ1n) is 13.8. The number of hydrogen-bond donors (Lipinski definition) is 1. The number of nitrogens with one attached hydrogen (secondary N) is 1. The number of amides is 2. The molecular weight excluding hydrogens is 589 g/mol. The minimum atomic E-state index is -4.39. The van der Waals surface area contributed by atoms with Gasteiger partial charge in [0.05, 0.1) is 10.6 Å². The van der Waals surface area contributed by atoms with E-state index in [1.165, 1.54) is 35.2 Å². The van der Waals surface area contributed by atoms with Crippen LogP contribution in [0.1, 0.15) is 25.0 Å². The molecule has 1 N–H and O–H groups in total. The Kier molecular flexibility index (Phi) is 10.6. The number of nitrogens with zero attached hydrogens (tertiary/aromatic N) is 2. The van der Waals surface area contributed by atoms with Crippen LogP contribution < -0.4 is 9.62 Å². The number of carbonyl (C=O) groups is 2. The van der Waals surface area contributed by atoms with E-state index in [2.05, 4.69) is 5.32 Å². The average molecular weight is 622 g/mol. The van der Waals surface area contributed by atoms with Crippen LogP contribution in [0.4, 0.5) is 10.1 Å². The van der Waals surface area contributed by atoms with Crippen molar-refractivity contribution in [3.8, 4) is 0 Å². The maximum absolute atomic E-state index is 15.1. The summed E-state index contributed by atoms with van der Waals surface area (Å²) in [6, 6.07) is 27.7. The van der Waals surface area contributed by atoms with E-state index in [-0.39, 0.29) is 29.6 Å². The molecule has 0 spiro atoms. The van der Waals surface area contributed by atoms with Crippen molar-refractivity contribution < 1.29 is 22.4 Å². The number of sulfonamides is 1. The van der Waals surface area contributed by atoms with Crippen molar-refractivity contribution >= 4 is 39.1 Å². The van der Waals surface area contributed by atoms with E-state index in [0.717, 1.165) is 15.9 Å². The van der Waals surface area contributed by atoms with Crippen molar-refractivity contribution in [1.82, 2.24) is 10.2 Å². The van der Waals surface area contributed by atoms with Gasteiger partial charge < -0.3 is 10.2 Å². The molecule has 4 aromatic rings. The molecule has 0 heterocycles. The van der Waals surface area contributed by atoms with Crippen molar-refractivity contribution in [1.29, 1.82) is 0 Å². The quantitative estimate of drug-likeness (QED) is 0.215. The summed E-state index contributed by atoms with van der Waals surface area (Å²) in [4.78, 5) is 29.2. The molecule has 4 aromatic carbocycles. The lowest BCUT2D eigenvalue weighted by Crippen LogP contribution is -2.54.